The van der Waals surface area contributed by atoms with Crippen LogP contribution in [0.2, 0.25) is 5.02 Å². The molecule has 0 radical (unpaired) electrons. The van der Waals surface area contributed by atoms with Gasteiger partial charge < -0.3 is 24.7 Å². The second kappa shape index (κ2) is 9.56. The van der Waals surface area contributed by atoms with Crippen molar-refractivity contribution in [2.75, 3.05) is 23.8 Å². The maximum absolute atomic E-state index is 14.3. The summed E-state index contributed by atoms with van der Waals surface area (Å²) in [7, 11) is 1.70. The van der Waals surface area contributed by atoms with E-state index in [1.54, 1.807) is 23.7 Å². The van der Waals surface area contributed by atoms with E-state index >= 15 is 0 Å². The molecule has 1 aliphatic heterocycles. The van der Waals surface area contributed by atoms with Crippen LogP contribution in [-0.4, -0.2) is 48.4 Å². The van der Waals surface area contributed by atoms with Crippen molar-refractivity contribution in [2.24, 2.45) is 7.05 Å². The third kappa shape index (κ3) is 5.04. The molecule has 1 atom stereocenters. The van der Waals surface area contributed by atoms with Gasteiger partial charge in [0, 0.05) is 45.8 Å². The zero-order valence-electron chi connectivity index (χ0n) is 20.1. The Bertz CT molecular complexity index is 1480. The van der Waals surface area contributed by atoms with Crippen LogP contribution in [0.1, 0.15) is 32.0 Å². The summed E-state index contributed by atoms with van der Waals surface area (Å²) in [5.41, 5.74) is 0.565. The van der Waals surface area contributed by atoms with Crippen molar-refractivity contribution in [2.45, 2.75) is 32.2 Å². The minimum absolute atomic E-state index is 0.205. The number of halogens is 3. The first-order chi connectivity index (χ1) is 17.6. The number of nitrogens with zero attached hydrogens (tertiary/aromatic N) is 6. The number of hydrogen-bond donors (Lipinski definition) is 2. The Balaban J connectivity index is 1.44. The van der Waals surface area contributed by atoms with E-state index in [2.05, 4.69) is 30.7 Å². The molecule has 0 spiro atoms. The van der Waals surface area contributed by atoms with Crippen LogP contribution in [-0.2, 0) is 22.5 Å². The molecule has 1 amide bonds. The van der Waals surface area contributed by atoms with Gasteiger partial charge in [-0.3, -0.25) is 9.48 Å². The van der Waals surface area contributed by atoms with Crippen molar-refractivity contribution in [3.63, 3.8) is 0 Å². The van der Waals surface area contributed by atoms with E-state index in [9.17, 15) is 13.6 Å². The smallest absolute Gasteiger partial charge is 0.286 e. The molecular formula is C23H23ClF2N8O3. The fourth-order valence-electron chi connectivity index (χ4n) is 4.04. The van der Waals surface area contributed by atoms with Crippen molar-refractivity contribution >= 4 is 46.3 Å². The van der Waals surface area contributed by atoms with E-state index in [1.807, 2.05) is 0 Å². The first-order valence-corrected chi connectivity index (χ1v) is 11.7. The second-order valence-electron chi connectivity index (χ2n) is 8.65. The van der Waals surface area contributed by atoms with E-state index in [1.165, 1.54) is 30.1 Å². The zero-order chi connectivity index (χ0) is 26.3. The summed E-state index contributed by atoms with van der Waals surface area (Å²) in [5.74, 6) is -1.89. The van der Waals surface area contributed by atoms with Crippen molar-refractivity contribution in [3.8, 4) is 11.5 Å². The number of carbonyl (C=O) groups excluding carboxylic acids is 1. The summed E-state index contributed by atoms with van der Waals surface area (Å²) in [6, 6.07) is 4.18. The number of pyridine rings is 2. The maximum Gasteiger partial charge on any atom is 0.286 e. The van der Waals surface area contributed by atoms with Crippen LogP contribution >= 0.6 is 11.6 Å². The van der Waals surface area contributed by atoms with Gasteiger partial charge in [-0.2, -0.15) is 18.9 Å². The van der Waals surface area contributed by atoms with E-state index < -0.39 is 5.92 Å². The summed E-state index contributed by atoms with van der Waals surface area (Å²) in [4.78, 5) is 24.1. The quantitative estimate of drug-likeness (QED) is 0.349. The van der Waals surface area contributed by atoms with Crippen LogP contribution in [0.4, 0.5) is 26.4 Å². The molecule has 194 valence electrons. The molecule has 4 aromatic heterocycles. The number of ether oxygens (including phenoxy) is 2. The van der Waals surface area contributed by atoms with Crippen LogP contribution in [0, 0.1) is 0 Å². The topological polar surface area (TPSA) is 121 Å². The van der Waals surface area contributed by atoms with Crippen LogP contribution in [0.3, 0.4) is 0 Å². The van der Waals surface area contributed by atoms with Gasteiger partial charge in [-0.05, 0) is 12.5 Å². The Kier molecular flexibility index (Phi) is 6.42. The maximum atomic E-state index is 14.3. The summed E-state index contributed by atoms with van der Waals surface area (Å²) in [6.07, 6.45) is 3.50. The summed E-state index contributed by atoms with van der Waals surface area (Å²) in [6.45, 7) is 3.03. The lowest BCUT2D eigenvalue weighted by Gasteiger charge is -2.16. The van der Waals surface area contributed by atoms with Gasteiger partial charge in [-0.1, -0.05) is 11.6 Å². The van der Waals surface area contributed by atoms with E-state index in [-0.39, 0.29) is 34.2 Å². The summed E-state index contributed by atoms with van der Waals surface area (Å²) in [5, 5.41) is 10.2. The third-order valence-electron chi connectivity index (χ3n) is 5.75. The average molecular weight is 533 g/mol. The second-order valence-corrected chi connectivity index (χ2v) is 9.03. The molecule has 0 aliphatic carbocycles. The predicted octanol–water partition coefficient (Wildman–Crippen LogP) is 4.78. The molecule has 0 saturated carbocycles. The summed E-state index contributed by atoms with van der Waals surface area (Å²) < 4.78 is 42.8. The average Bonchev–Trinajstić information content (AvgIpc) is 3.55. The number of aromatic nitrogens is 6. The highest BCUT2D eigenvalue weighted by molar-refractivity contribution is 6.36. The molecule has 5 heterocycles. The Morgan fingerprint density at radius 2 is 2.11 bits per heavy atom. The van der Waals surface area contributed by atoms with Crippen LogP contribution < -0.4 is 15.4 Å². The molecule has 14 heteroatoms. The normalized spacial score (nSPS) is 15.8. The molecule has 1 aliphatic rings. The SMILES string of the molecule is CC(=O)Nc1cc(Oc2cnc3nc(Nc4cc(C(C)(F)F)n(C5CCOC5)n4)n(C)c3c2Cl)ccn1. The van der Waals surface area contributed by atoms with Crippen LogP contribution in [0.15, 0.2) is 30.6 Å². The molecule has 11 nitrogen and oxygen atoms in total. The number of fused-ring (bicyclic) bond motifs is 1. The van der Waals surface area contributed by atoms with Gasteiger partial charge in [0.1, 0.15) is 27.8 Å². The summed E-state index contributed by atoms with van der Waals surface area (Å²) >= 11 is 6.64. The first-order valence-electron chi connectivity index (χ1n) is 11.3. The molecule has 1 unspecified atom stereocenters. The van der Waals surface area contributed by atoms with Crippen molar-refractivity contribution < 1.29 is 23.0 Å². The molecule has 2 N–H and O–H groups in total. The Morgan fingerprint density at radius 1 is 1.30 bits per heavy atom. The molecule has 1 saturated heterocycles. The molecule has 4 aromatic rings. The highest BCUT2D eigenvalue weighted by Crippen LogP contribution is 2.37. The zero-order valence-corrected chi connectivity index (χ0v) is 20.9. The number of carbonyl (C=O) groups is 1. The fourth-order valence-corrected chi connectivity index (χ4v) is 4.34. The van der Waals surface area contributed by atoms with Gasteiger partial charge in [0.2, 0.25) is 11.9 Å². The number of hydrogen-bond acceptors (Lipinski definition) is 8. The van der Waals surface area contributed by atoms with E-state index in [0.29, 0.717) is 48.3 Å². The molecule has 0 aromatic carbocycles. The third-order valence-corrected chi connectivity index (χ3v) is 6.11. The number of alkyl halides is 2. The number of imidazole rings is 1. The number of rotatable bonds is 7. The van der Waals surface area contributed by atoms with Crippen LogP contribution in [0.25, 0.3) is 11.2 Å². The number of amides is 1. The minimum Gasteiger partial charge on any atom is -0.454 e. The van der Waals surface area contributed by atoms with Gasteiger partial charge in [0.15, 0.2) is 17.2 Å². The van der Waals surface area contributed by atoms with E-state index in [4.69, 9.17) is 21.1 Å². The fraction of sp³-hybridized carbons (Fsp3) is 0.348. The highest BCUT2D eigenvalue weighted by atomic mass is 35.5. The molecule has 1 fully saturated rings. The van der Waals surface area contributed by atoms with Gasteiger partial charge >= 0.3 is 0 Å². The first kappa shape index (κ1) is 24.8. The van der Waals surface area contributed by atoms with E-state index in [0.717, 1.165) is 6.92 Å². The lowest BCUT2D eigenvalue weighted by atomic mass is 10.2. The Hall–Kier alpha value is -3.84. The Morgan fingerprint density at radius 3 is 2.81 bits per heavy atom. The van der Waals surface area contributed by atoms with Gasteiger partial charge in [-0.25, -0.2) is 9.97 Å². The largest absolute Gasteiger partial charge is 0.454 e. The number of aryl methyl sites for hydroxylation is 1. The standard InChI is InChI=1S/C23H23ClF2N8O3/c1-12(35)29-17-8-14(4-6-27-17)37-15-10-28-21-20(19(15)24)33(3)22(31-21)30-18-9-16(23(2,25)26)34(32-18)13-5-7-36-11-13/h4,6,8-10,13H,5,7,11H2,1-3H3,(H,27,29,35)(H,28,30,31,32). The van der Waals surface area contributed by atoms with Crippen molar-refractivity contribution in [1.82, 2.24) is 29.3 Å². The number of anilines is 3. The molecule has 37 heavy (non-hydrogen) atoms. The lowest BCUT2D eigenvalue weighted by molar-refractivity contribution is -0.114. The van der Waals surface area contributed by atoms with Crippen LogP contribution in [0.5, 0.6) is 11.5 Å². The van der Waals surface area contributed by atoms with Gasteiger partial charge in [0.25, 0.3) is 5.92 Å². The van der Waals surface area contributed by atoms with Gasteiger partial charge in [-0.15, -0.1) is 0 Å². The monoisotopic (exact) mass is 532 g/mol. The molecule has 0 bridgehead atoms. The molecular weight excluding hydrogens is 510 g/mol. The molecule has 5 rings (SSSR count). The predicted molar refractivity (Wildman–Crippen MR) is 132 cm³/mol. The van der Waals surface area contributed by atoms with Gasteiger partial charge in [0.05, 0.1) is 18.8 Å². The number of nitrogens with one attached hydrogen (secondary N) is 2. The minimum atomic E-state index is -3.09. The highest BCUT2D eigenvalue weighted by Gasteiger charge is 2.34. The van der Waals surface area contributed by atoms with Crippen molar-refractivity contribution in [3.05, 3.63) is 41.3 Å². The van der Waals surface area contributed by atoms with Crippen molar-refractivity contribution in [1.29, 1.82) is 0 Å². The Labute approximate surface area is 214 Å². The lowest BCUT2D eigenvalue weighted by Crippen LogP contribution is -2.20.